The van der Waals surface area contributed by atoms with E-state index in [0.717, 1.165) is 0 Å². The number of benzene rings is 1. The third-order valence-corrected chi connectivity index (χ3v) is 6.11. The first-order valence-electron chi connectivity index (χ1n) is 9.81. The molecule has 2 saturated heterocycles. The van der Waals surface area contributed by atoms with Crippen LogP contribution < -0.4 is 11.1 Å². The van der Waals surface area contributed by atoms with E-state index in [-0.39, 0.29) is 48.6 Å². The van der Waals surface area contributed by atoms with Crippen molar-refractivity contribution in [1.82, 2.24) is 15.1 Å². The fourth-order valence-corrected chi connectivity index (χ4v) is 4.39. The highest BCUT2D eigenvalue weighted by molar-refractivity contribution is 6.05. The number of hydrogen-bond acceptors (Lipinski definition) is 5. The van der Waals surface area contributed by atoms with Crippen molar-refractivity contribution in [2.45, 2.75) is 44.8 Å². The monoisotopic (exact) mass is 402 g/mol. The van der Waals surface area contributed by atoms with Gasteiger partial charge in [-0.3, -0.25) is 29.4 Å². The summed E-state index contributed by atoms with van der Waals surface area (Å²) >= 11 is 0. The molecule has 0 aromatic heterocycles. The van der Waals surface area contributed by atoms with Gasteiger partial charge in [-0.05, 0) is 38.4 Å². The van der Waals surface area contributed by atoms with Gasteiger partial charge in [0.25, 0.3) is 5.91 Å². The van der Waals surface area contributed by atoms with Gasteiger partial charge in [-0.1, -0.05) is 6.07 Å². The van der Waals surface area contributed by atoms with Crippen molar-refractivity contribution in [1.29, 1.82) is 0 Å². The number of nitrogens with one attached hydrogen (secondary N) is 1. The molecule has 4 rings (SSSR count). The van der Waals surface area contributed by atoms with E-state index in [2.05, 4.69) is 10.2 Å². The van der Waals surface area contributed by atoms with Gasteiger partial charge in [0.15, 0.2) is 0 Å². The molecule has 1 aromatic carbocycles. The van der Waals surface area contributed by atoms with Crippen LogP contribution in [0.4, 0.5) is 4.39 Å². The van der Waals surface area contributed by atoms with Crippen LogP contribution in [-0.2, 0) is 27.5 Å². The number of piperidine rings is 2. The Morgan fingerprint density at radius 1 is 1.17 bits per heavy atom. The van der Waals surface area contributed by atoms with Gasteiger partial charge in [0, 0.05) is 35.6 Å². The number of carbonyl (C=O) groups is 4. The smallest absolute Gasteiger partial charge is 0.255 e. The maximum Gasteiger partial charge on any atom is 0.255 e. The third kappa shape index (κ3) is 3.62. The van der Waals surface area contributed by atoms with Crippen molar-refractivity contribution in [3.05, 3.63) is 34.6 Å². The molecule has 29 heavy (non-hydrogen) atoms. The van der Waals surface area contributed by atoms with Crippen LogP contribution >= 0.6 is 0 Å². The van der Waals surface area contributed by atoms with Crippen LogP contribution in [0.5, 0.6) is 0 Å². The van der Waals surface area contributed by atoms with Crippen LogP contribution in [0.2, 0.25) is 0 Å². The Bertz CT molecular complexity index is 895. The molecule has 0 aliphatic carbocycles. The van der Waals surface area contributed by atoms with Gasteiger partial charge < -0.3 is 10.6 Å². The molecule has 9 heteroatoms. The molecule has 3 aliphatic heterocycles. The quantitative estimate of drug-likeness (QED) is 0.703. The zero-order chi connectivity index (χ0) is 20.7. The molecule has 1 atom stereocenters. The van der Waals surface area contributed by atoms with E-state index >= 15 is 4.39 Å². The maximum absolute atomic E-state index is 15.2. The molecule has 154 valence electrons. The summed E-state index contributed by atoms with van der Waals surface area (Å²) in [4.78, 5) is 50.9. The van der Waals surface area contributed by atoms with Crippen LogP contribution in [0.25, 0.3) is 0 Å². The Morgan fingerprint density at radius 3 is 2.55 bits per heavy atom. The summed E-state index contributed by atoms with van der Waals surface area (Å²) in [5.41, 5.74) is 6.40. The van der Waals surface area contributed by atoms with Gasteiger partial charge in [0.05, 0.1) is 6.54 Å². The molecule has 0 spiro atoms. The average Bonchev–Trinajstić information content (AvgIpc) is 3.02. The van der Waals surface area contributed by atoms with Gasteiger partial charge in [-0.15, -0.1) is 0 Å². The number of hydrogen-bond donors (Lipinski definition) is 2. The van der Waals surface area contributed by atoms with E-state index in [4.69, 9.17) is 5.73 Å². The van der Waals surface area contributed by atoms with Gasteiger partial charge in [0.2, 0.25) is 17.7 Å². The normalized spacial score (nSPS) is 23.3. The number of nitrogens with two attached hydrogens (primary N) is 1. The lowest BCUT2D eigenvalue weighted by Gasteiger charge is -2.30. The standard InChI is InChI=1S/C20H23FN4O4/c21-17-12(9-24-7-5-11(6-8-24)18(22)27)1-2-13-14(17)10-25(20(13)29)15-3-4-16(26)23-19(15)28/h1-2,11,15H,3-10H2,(H2,22,27)(H,23,26,28). The Hall–Kier alpha value is -2.81. The second kappa shape index (κ2) is 7.55. The van der Waals surface area contributed by atoms with Gasteiger partial charge >= 0.3 is 0 Å². The van der Waals surface area contributed by atoms with E-state index in [0.29, 0.717) is 43.6 Å². The average molecular weight is 402 g/mol. The number of imide groups is 1. The second-order valence-electron chi connectivity index (χ2n) is 7.92. The van der Waals surface area contributed by atoms with Crippen LogP contribution in [0.3, 0.4) is 0 Å². The summed E-state index contributed by atoms with van der Waals surface area (Å²) in [6.45, 7) is 1.72. The highest BCUT2D eigenvalue weighted by Gasteiger charge is 2.40. The van der Waals surface area contributed by atoms with E-state index in [9.17, 15) is 19.2 Å². The molecule has 1 unspecified atom stereocenters. The first kappa shape index (κ1) is 19.5. The third-order valence-electron chi connectivity index (χ3n) is 6.11. The van der Waals surface area contributed by atoms with E-state index in [1.807, 2.05) is 0 Å². The Balaban J connectivity index is 1.48. The topological polar surface area (TPSA) is 113 Å². The molecular formula is C20H23FN4O4. The van der Waals surface area contributed by atoms with Crippen molar-refractivity contribution < 1.29 is 23.6 Å². The van der Waals surface area contributed by atoms with Crippen molar-refractivity contribution in [2.24, 2.45) is 11.7 Å². The summed E-state index contributed by atoms with van der Waals surface area (Å²) in [7, 11) is 0. The molecule has 3 N–H and O–H groups in total. The van der Waals surface area contributed by atoms with E-state index in [1.165, 1.54) is 4.90 Å². The number of fused-ring (bicyclic) bond motifs is 1. The maximum atomic E-state index is 15.2. The summed E-state index contributed by atoms with van der Waals surface area (Å²) in [5, 5.41) is 2.24. The predicted octanol–water partition coefficient (Wildman–Crippen LogP) is 0.284. The lowest BCUT2D eigenvalue weighted by molar-refractivity contribution is -0.137. The SMILES string of the molecule is NC(=O)C1CCN(Cc2ccc3c(c2F)CN(C2CCC(=O)NC2=O)C3=O)CC1. The molecule has 8 nitrogen and oxygen atoms in total. The van der Waals surface area contributed by atoms with E-state index < -0.39 is 17.8 Å². The van der Waals surface area contributed by atoms with Crippen molar-refractivity contribution in [2.75, 3.05) is 13.1 Å². The highest BCUT2D eigenvalue weighted by atomic mass is 19.1. The number of likely N-dealkylation sites (tertiary alicyclic amines) is 1. The van der Waals surface area contributed by atoms with Crippen LogP contribution in [-0.4, -0.2) is 52.6 Å². The lowest BCUT2D eigenvalue weighted by Crippen LogP contribution is -2.52. The number of halogens is 1. The Labute approximate surface area is 167 Å². The summed E-state index contributed by atoms with van der Waals surface area (Å²) in [6, 6.07) is 2.46. The number of nitrogens with zero attached hydrogens (tertiary/aromatic N) is 2. The molecule has 0 bridgehead atoms. The minimum absolute atomic E-state index is 0.0177. The van der Waals surface area contributed by atoms with Crippen molar-refractivity contribution in [3.8, 4) is 0 Å². The molecule has 4 amide bonds. The fourth-order valence-electron chi connectivity index (χ4n) is 4.39. The minimum Gasteiger partial charge on any atom is -0.369 e. The summed E-state index contributed by atoms with van der Waals surface area (Å²) in [6.07, 6.45) is 1.71. The van der Waals surface area contributed by atoms with Crippen molar-refractivity contribution in [3.63, 3.8) is 0 Å². The first-order valence-corrected chi connectivity index (χ1v) is 9.81. The largest absolute Gasteiger partial charge is 0.369 e. The highest BCUT2D eigenvalue weighted by Crippen LogP contribution is 2.31. The second-order valence-corrected chi connectivity index (χ2v) is 7.92. The van der Waals surface area contributed by atoms with Gasteiger partial charge in [0.1, 0.15) is 11.9 Å². The van der Waals surface area contributed by atoms with Gasteiger partial charge in [-0.25, -0.2) is 4.39 Å². The lowest BCUT2D eigenvalue weighted by atomic mass is 9.95. The predicted molar refractivity (Wildman–Crippen MR) is 99.6 cm³/mol. The number of primary amides is 1. The molecule has 3 heterocycles. The summed E-state index contributed by atoms with van der Waals surface area (Å²) < 4.78 is 15.2. The first-order chi connectivity index (χ1) is 13.8. The fraction of sp³-hybridized carbons (Fsp3) is 0.500. The molecule has 2 fully saturated rings. The van der Waals surface area contributed by atoms with Crippen LogP contribution in [0.1, 0.15) is 47.2 Å². The Kier molecular flexibility index (Phi) is 5.08. The molecule has 3 aliphatic rings. The molecular weight excluding hydrogens is 379 g/mol. The molecule has 0 saturated carbocycles. The zero-order valence-corrected chi connectivity index (χ0v) is 15.9. The number of amides is 4. The zero-order valence-electron chi connectivity index (χ0n) is 15.9. The number of rotatable bonds is 4. The molecule has 0 radical (unpaired) electrons. The summed E-state index contributed by atoms with van der Waals surface area (Å²) in [5.74, 6) is -2.11. The van der Waals surface area contributed by atoms with Crippen molar-refractivity contribution >= 4 is 23.6 Å². The Morgan fingerprint density at radius 2 is 1.90 bits per heavy atom. The van der Waals surface area contributed by atoms with Gasteiger partial charge in [-0.2, -0.15) is 0 Å². The van der Waals surface area contributed by atoms with E-state index in [1.54, 1.807) is 12.1 Å². The minimum atomic E-state index is -0.761. The van der Waals surface area contributed by atoms with Crippen LogP contribution in [0, 0.1) is 11.7 Å². The molecule has 1 aromatic rings. The number of carbonyl (C=O) groups excluding carboxylic acids is 4. The van der Waals surface area contributed by atoms with Crippen LogP contribution in [0.15, 0.2) is 12.1 Å².